The van der Waals surface area contributed by atoms with Gasteiger partial charge in [0.15, 0.2) is 0 Å². The molecule has 0 radical (unpaired) electrons. The van der Waals surface area contributed by atoms with E-state index in [0.717, 1.165) is 11.6 Å². The molecule has 0 spiro atoms. The summed E-state index contributed by atoms with van der Waals surface area (Å²) in [6.45, 7) is 2.91. The minimum Gasteiger partial charge on any atom is -0.166 e. The van der Waals surface area contributed by atoms with Gasteiger partial charge in [0.2, 0.25) is 0 Å². The van der Waals surface area contributed by atoms with Gasteiger partial charge >= 0.3 is 6.18 Å². The predicted octanol–water partition coefficient (Wildman–Crippen LogP) is 4.60. The average molecular weight is 226 g/mol. The number of benzene rings is 1. The van der Waals surface area contributed by atoms with Crippen molar-refractivity contribution in [1.82, 2.24) is 0 Å². The first kappa shape index (κ1) is 12.6. The second-order valence-corrected chi connectivity index (χ2v) is 3.66. The van der Waals surface area contributed by atoms with Gasteiger partial charge in [-0.3, -0.25) is 0 Å². The van der Waals surface area contributed by atoms with Crippen LogP contribution in [0.15, 0.2) is 47.6 Å². The molecule has 0 aliphatic rings. The summed E-state index contributed by atoms with van der Waals surface area (Å²) in [6, 6.07) is 8.92. The summed E-state index contributed by atoms with van der Waals surface area (Å²) < 4.78 is 37.7. The number of alkyl halides is 3. The van der Waals surface area contributed by atoms with Crippen LogP contribution in [0, 0.1) is 0 Å². The lowest BCUT2D eigenvalue weighted by molar-refractivity contribution is -0.0888. The molecule has 16 heavy (non-hydrogen) atoms. The van der Waals surface area contributed by atoms with Crippen molar-refractivity contribution < 1.29 is 13.2 Å². The minimum absolute atomic E-state index is 0.264. The van der Waals surface area contributed by atoms with Crippen LogP contribution in [0.3, 0.4) is 0 Å². The Morgan fingerprint density at radius 3 is 2.06 bits per heavy atom. The molecule has 0 saturated carbocycles. The van der Waals surface area contributed by atoms with E-state index in [1.807, 2.05) is 6.07 Å². The fourth-order valence-electron chi connectivity index (χ4n) is 1.29. The molecule has 0 unspecified atom stereocenters. The first-order valence-corrected chi connectivity index (χ1v) is 4.89. The van der Waals surface area contributed by atoms with Crippen LogP contribution in [0.2, 0.25) is 0 Å². The molecule has 0 saturated heterocycles. The number of hydrogen-bond donors (Lipinski definition) is 0. The van der Waals surface area contributed by atoms with Gasteiger partial charge in [-0.2, -0.15) is 13.2 Å². The van der Waals surface area contributed by atoms with E-state index in [2.05, 4.69) is 0 Å². The first-order chi connectivity index (χ1) is 7.41. The molecule has 0 fully saturated rings. The van der Waals surface area contributed by atoms with E-state index in [-0.39, 0.29) is 5.57 Å². The fourth-order valence-corrected chi connectivity index (χ4v) is 1.29. The fraction of sp³-hybridized carbons (Fsp3) is 0.231. The molecule has 0 amide bonds. The van der Waals surface area contributed by atoms with E-state index < -0.39 is 11.7 Å². The van der Waals surface area contributed by atoms with Crippen LogP contribution in [-0.4, -0.2) is 6.18 Å². The normalized spacial score (nSPS) is 11.8. The van der Waals surface area contributed by atoms with Crippen LogP contribution in [0.1, 0.15) is 19.4 Å². The highest BCUT2D eigenvalue weighted by Gasteiger charge is 2.32. The largest absolute Gasteiger partial charge is 0.416 e. The lowest BCUT2D eigenvalue weighted by atomic mass is 10.1. The lowest BCUT2D eigenvalue weighted by Crippen LogP contribution is -2.11. The third-order valence-electron chi connectivity index (χ3n) is 2.09. The van der Waals surface area contributed by atoms with E-state index in [4.69, 9.17) is 0 Å². The Morgan fingerprint density at radius 2 is 1.62 bits per heavy atom. The van der Waals surface area contributed by atoms with Crippen LogP contribution in [-0.2, 0) is 0 Å². The monoisotopic (exact) mass is 226 g/mol. The first-order valence-electron chi connectivity index (χ1n) is 4.89. The van der Waals surface area contributed by atoms with E-state index in [1.54, 1.807) is 24.3 Å². The second kappa shape index (κ2) is 5.01. The second-order valence-electron chi connectivity index (χ2n) is 3.66. The molecule has 86 valence electrons. The predicted molar refractivity (Wildman–Crippen MR) is 59.9 cm³/mol. The quantitative estimate of drug-likeness (QED) is 0.646. The number of rotatable bonds is 2. The molecule has 0 nitrogen and oxygen atoms in total. The summed E-state index contributed by atoms with van der Waals surface area (Å²) in [5.41, 5.74) is 0.432. The van der Waals surface area contributed by atoms with Gasteiger partial charge in [-0.1, -0.05) is 42.0 Å². The molecule has 0 aliphatic carbocycles. The van der Waals surface area contributed by atoms with Crippen molar-refractivity contribution >= 4 is 6.08 Å². The third kappa shape index (κ3) is 3.57. The average Bonchev–Trinajstić information content (AvgIpc) is 2.17. The Balaban J connectivity index is 2.96. The smallest absolute Gasteiger partial charge is 0.166 e. The van der Waals surface area contributed by atoms with Gasteiger partial charge in [0.25, 0.3) is 0 Å². The minimum atomic E-state index is -4.29. The summed E-state index contributed by atoms with van der Waals surface area (Å²) in [5, 5.41) is 0. The molecular formula is C13H13F3. The Labute approximate surface area is 93.1 Å². The molecule has 1 aromatic rings. The molecule has 1 aromatic carbocycles. The summed E-state index contributed by atoms with van der Waals surface area (Å²) in [6.07, 6.45) is -1.70. The molecule has 0 bridgehead atoms. The van der Waals surface area contributed by atoms with Crippen molar-refractivity contribution in [2.24, 2.45) is 0 Å². The Bertz CT molecular complexity index is 393. The van der Waals surface area contributed by atoms with Gasteiger partial charge in [-0.15, -0.1) is 0 Å². The standard InChI is InChI=1S/C13H13F3/c1-10(2)12(13(14,15)16)9-8-11-6-4-3-5-7-11/h3-9H,1-2H3/b9-8+. The SMILES string of the molecule is CC(C)=C(/C=C/c1ccccc1)C(F)(F)F. The van der Waals surface area contributed by atoms with Crippen molar-refractivity contribution in [2.45, 2.75) is 20.0 Å². The topological polar surface area (TPSA) is 0 Å². The van der Waals surface area contributed by atoms with Gasteiger partial charge in [0.05, 0.1) is 5.57 Å². The highest BCUT2D eigenvalue weighted by Crippen LogP contribution is 2.29. The molecule has 0 aliphatic heterocycles. The number of hydrogen-bond acceptors (Lipinski definition) is 0. The Kier molecular flexibility index (Phi) is 3.93. The Morgan fingerprint density at radius 1 is 1.06 bits per heavy atom. The highest BCUT2D eigenvalue weighted by atomic mass is 19.4. The van der Waals surface area contributed by atoms with Gasteiger partial charge < -0.3 is 0 Å². The summed E-state index contributed by atoms with van der Waals surface area (Å²) in [7, 11) is 0. The summed E-state index contributed by atoms with van der Waals surface area (Å²) in [5.74, 6) is 0. The maximum absolute atomic E-state index is 12.6. The zero-order chi connectivity index (χ0) is 12.2. The van der Waals surface area contributed by atoms with Crippen molar-refractivity contribution in [1.29, 1.82) is 0 Å². The van der Waals surface area contributed by atoms with E-state index in [0.29, 0.717) is 0 Å². The zero-order valence-electron chi connectivity index (χ0n) is 9.18. The van der Waals surface area contributed by atoms with Crippen LogP contribution in [0.5, 0.6) is 0 Å². The Hall–Kier alpha value is -1.51. The van der Waals surface area contributed by atoms with Crippen LogP contribution in [0.4, 0.5) is 13.2 Å². The highest BCUT2D eigenvalue weighted by molar-refractivity contribution is 5.53. The number of halogens is 3. The van der Waals surface area contributed by atoms with E-state index in [1.165, 1.54) is 19.9 Å². The number of allylic oxidation sites excluding steroid dienone is 3. The van der Waals surface area contributed by atoms with Gasteiger partial charge in [-0.25, -0.2) is 0 Å². The van der Waals surface area contributed by atoms with E-state index in [9.17, 15) is 13.2 Å². The molecule has 0 aromatic heterocycles. The van der Waals surface area contributed by atoms with E-state index >= 15 is 0 Å². The molecule has 3 heteroatoms. The van der Waals surface area contributed by atoms with Crippen LogP contribution < -0.4 is 0 Å². The van der Waals surface area contributed by atoms with Crippen molar-refractivity contribution in [3.05, 3.63) is 53.1 Å². The van der Waals surface area contributed by atoms with Gasteiger partial charge in [0.1, 0.15) is 0 Å². The molecule has 0 N–H and O–H groups in total. The van der Waals surface area contributed by atoms with Gasteiger partial charge in [-0.05, 0) is 25.5 Å². The van der Waals surface area contributed by atoms with Crippen LogP contribution >= 0.6 is 0 Å². The molecule has 0 atom stereocenters. The molecule has 0 heterocycles. The maximum Gasteiger partial charge on any atom is 0.416 e. The van der Waals surface area contributed by atoms with Crippen molar-refractivity contribution in [2.75, 3.05) is 0 Å². The zero-order valence-corrected chi connectivity index (χ0v) is 9.18. The van der Waals surface area contributed by atoms with Crippen LogP contribution in [0.25, 0.3) is 6.08 Å². The lowest BCUT2D eigenvalue weighted by Gasteiger charge is -2.09. The summed E-state index contributed by atoms with van der Waals surface area (Å²) >= 11 is 0. The maximum atomic E-state index is 12.6. The summed E-state index contributed by atoms with van der Waals surface area (Å²) in [4.78, 5) is 0. The van der Waals surface area contributed by atoms with Crippen molar-refractivity contribution in [3.8, 4) is 0 Å². The van der Waals surface area contributed by atoms with Gasteiger partial charge in [0, 0.05) is 0 Å². The molecular weight excluding hydrogens is 213 g/mol. The third-order valence-corrected chi connectivity index (χ3v) is 2.09. The van der Waals surface area contributed by atoms with Crippen molar-refractivity contribution in [3.63, 3.8) is 0 Å². The molecule has 1 rings (SSSR count).